The Morgan fingerprint density at radius 2 is 2.12 bits per heavy atom. The molecule has 0 aliphatic rings. The SMILES string of the molecule is [CH2]C(O)CCCCN. The molecule has 0 saturated heterocycles. The van der Waals surface area contributed by atoms with Gasteiger partial charge in [0.05, 0.1) is 6.10 Å². The van der Waals surface area contributed by atoms with Crippen molar-refractivity contribution >= 4 is 0 Å². The third-order valence-corrected chi connectivity index (χ3v) is 0.991. The summed E-state index contributed by atoms with van der Waals surface area (Å²) in [6.45, 7) is 4.14. The summed E-state index contributed by atoms with van der Waals surface area (Å²) in [7, 11) is 0. The van der Waals surface area contributed by atoms with Crippen LogP contribution in [0, 0.1) is 6.92 Å². The lowest BCUT2D eigenvalue weighted by atomic mass is 10.2. The van der Waals surface area contributed by atoms with E-state index in [2.05, 4.69) is 6.92 Å². The fourth-order valence-electron chi connectivity index (χ4n) is 0.524. The van der Waals surface area contributed by atoms with Gasteiger partial charge in [0, 0.05) is 0 Å². The number of nitrogens with two attached hydrogens (primary N) is 1. The summed E-state index contributed by atoms with van der Waals surface area (Å²) in [5, 5.41) is 8.63. The zero-order valence-corrected chi connectivity index (χ0v) is 5.14. The first kappa shape index (κ1) is 7.92. The number of unbranched alkanes of at least 4 members (excludes halogenated alkanes) is 1. The molecule has 0 bridgehead atoms. The van der Waals surface area contributed by atoms with Crippen LogP contribution in [0.25, 0.3) is 0 Å². The van der Waals surface area contributed by atoms with E-state index in [-0.39, 0.29) is 0 Å². The molecule has 0 rings (SSSR count). The highest BCUT2D eigenvalue weighted by Gasteiger charge is 1.92. The summed E-state index contributed by atoms with van der Waals surface area (Å²) < 4.78 is 0. The van der Waals surface area contributed by atoms with Crippen LogP contribution < -0.4 is 5.73 Å². The summed E-state index contributed by atoms with van der Waals surface area (Å²) in [6, 6.07) is 0. The minimum atomic E-state index is -0.401. The van der Waals surface area contributed by atoms with Crippen molar-refractivity contribution in [3.8, 4) is 0 Å². The van der Waals surface area contributed by atoms with Crippen LogP contribution in [-0.2, 0) is 0 Å². The van der Waals surface area contributed by atoms with E-state index >= 15 is 0 Å². The molecule has 0 aliphatic carbocycles. The van der Waals surface area contributed by atoms with E-state index in [0.717, 1.165) is 19.3 Å². The van der Waals surface area contributed by atoms with E-state index in [1.807, 2.05) is 0 Å². The highest BCUT2D eigenvalue weighted by atomic mass is 16.3. The van der Waals surface area contributed by atoms with Crippen molar-refractivity contribution in [2.45, 2.75) is 25.4 Å². The lowest BCUT2D eigenvalue weighted by molar-refractivity contribution is 0.206. The number of aliphatic hydroxyl groups is 1. The maximum absolute atomic E-state index is 8.63. The standard InChI is InChI=1S/C6H14NO/c1-6(8)4-2-3-5-7/h6,8H,1-5,7H2. The fraction of sp³-hybridized carbons (Fsp3) is 0.833. The lowest BCUT2D eigenvalue weighted by Crippen LogP contribution is -2.03. The molecule has 8 heavy (non-hydrogen) atoms. The van der Waals surface area contributed by atoms with Crippen molar-refractivity contribution in [3.63, 3.8) is 0 Å². The second-order valence-corrected chi connectivity index (χ2v) is 1.94. The van der Waals surface area contributed by atoms with Crippen molar-refractivity contribution in [2.75, 3.05) is 6.54 Å². The van der Waals surface area contributed by atoms with Crippen LogP contribution in [0.2, 0.25) is 0 Å². The predicted molar refractivity (Wildman–Crippen MR) is 34.3 cm³/mol. The van der Waals surface area contributed by atoms with Crippen LogP contribution in [0.3, 0.4) is 0 Å². The molecule has 1 radical (unpaired) electrons. The molecule has 0 amide bonds. The first-order chi connectivity index (χ1) is 3.77. The van der Waals surface area contributed by atoms with E-state index in [1.54, 1.807) is 0 Å². The average molecular weight is 116 g/mol. The van der Waals surface area contributed by atoms with Gasteiger partial charge in [0.15, 0.2) is 0 Å². The first-order valence-corrected chi connectivity index (χ1v) is 2.98. The number of rotatable bonds is 4. The highest BCUT2D eigenvalue weighted by Crippen LogP contribution is 1.96. The van der Waals surface area contributed by atoms with Gasteiger partial charge in [0.25, 0.3) is 0 Å². The Hall–Kier alpha value is -0.0800. The molecule has 1 atom stereocenters. The number of hydrogen-bond acceptors (Lipinski definition) is 2. The van der Waals surface area contributed by atoms with Crippen molar-refractivity contribution in [2.24, 2.45) is 5.73 Å². The average Bonchev–Trinajstić information content (AvgIpc) is 1.66. The van der Waals surface area contributed by atoms with Crippen LogP contribution in [-0.4, -0.2) is 17.8 Å². The smallest absolute Gasteiger partial charge is 0.0541 e. The fourth-order valence-corrected chi connectivity index (χ4v) is 0.524. The van der Waals surface area contributed by atoms with Gasteiger partial charge < -0.3 is 10.8 Å². The maximum Gasteiger partial charge on any atom is 0.0541 e. The highest BCUT2D eigenvalue weighted by molar-refractivity contribution is 4.55. The third kappa shape index (κ3) is 5.92. The Morgan fingerprint density at radius 3 is 2.50 bits per heavy atom. The van der Waals surface area contributed by atoms with Gasteiger partial charge in [-0.3, -0.25) is 0 Å². The molecule has 1 unspecified atom stereocenters. The van der Waals surface area contributed by atoms with Gasteiger partial charge in [-0.05, 0) is 32.7 Å². The van der Waals surface area contributed by atoms with Crippen LogP contribution in [0.5, 0.6) is 0 Å². The molecular formula is C6H14NO. The van der Waals surface area contributed by atoms with Crippen LogP contribution in [0.1, 0.15) is 19.3 Å². The Labute approximate surface area is 50.7 Å². The summed E-state index contributed by atoms with van der Waals surface area (Å²) in [5.41, 5.74) is 5.21. The molecule has 0 spiro atoms. The monoisotopic (exact) mass is 116 g/mol. The molecule has 0 aromatic heterocycles. The maximum atomic E-state index is 8.63. The second-order valence-electron chi connectivity index (χ2n) is 1.94. The Balaban J connectivity index is 2.72. The van der Waals surface area contributed by atoms with Gasteiger partial charge in [-0.25, -0.2) is 0 Å². The normalized spacial score (nSPS) is 13.9. The zero-order valence-electron chi connectivity index (χ0n) is 5.14. The summed E-state index contributed by atoms with van der Waals surface area (Å²) >= 11 is 0. The van der Waals surface area contributed by atoms with Crippen molar-refractivity contribution in [1.29, 1.82) is 0 Å². The Morgan fingerprint density at radius 1 is 1.50 bits per heavy atom. The summed E-state index contributed by atoms with van der Waals surface area (Å²) in [4.78, 5) is 0. The van der Waals surface area contributed by atoms with Gasteiger partial charge in [-0.1, -0.05) is 0 Å². The van der Waals surface area contributed by atoms with Gasteiger partial charge in [-0.2, -0.15) is 0 Å². The van der Waals surface area contributed by atoms with Crippen molar-refractivity contribution in [1.82, 2.24) is 0 Å². The molecule has 0 aliphatic heterocycles. The second kappa shape index (κ2) is 5.06. The summed E-state index contributed by atoms with van der Waals surface area (Å²) in [5.74, 6) is 0. The van der Waals surface area contributed by atoms with E-state index in [0.29, 0.717) is 6.54 Å². The van der Waals surface area contributed by atoms with E-state index in [9.17, 15) is 0 Å². The molecule has 0 fully saturated rings. The third-order valence-electron chi connectivity index (χ3n) is 0.991. The van der Waals surface area contributed by atoms with Crippen LogP contribution in [0.4, 0.5) is 0 Å². The molecule has 3 N–H and O–H groups in total. The van der Waals surface area contributed by atoms with Crippen molar-refractivity contribution < 1.29 is 5.11 Å². The lowest BCUT2D eigenvalue weighted by Gasteiger charge is -1.99. The van der Waals surface area contributed by atoms with Gasteiger partial charge >= 0.3 is 0 Å². The molecule has 0 aromatic carbocycles. The number of aliphatic hydroxyl groups excluding tert-OH is 1. The van der Waals surface area contributed by atoms with Gasteiger partial charge in [-0.15, -0.1) is 0 Å². The van der Waals surface area contributed by atoms with E-state index in [4.69, 9.17) is 10.8 Å². The minimum Gasteiger partial charge on any atom is -0.393 e. The van der Waals surface area contributed by atoms with Gasteiger partial charge in [0.1, 0.15) is 0 Å². The Bertz CT molecular complexity index is 45.8. The molecule has 0 heterocycles. The topological polar surface area (TPSA) is 46.2 Å². The summed E-state index contributed by atoms with van der Waals surface area (Å²) in [6.07, 6.45) is 2.35. The zero-order chi connectivity index (χ0) is 6.41. The largest absolute Gasteiger partial charge is 0.393 e. The Kier molecular flexibility index (Phi) is 5.01. The van der Waals surface area contributed by atoms with Crippen molar-refractivity contribution in [3.05, 3.63) is 6.92 Å². The molecule has 49 valence electrons. The van der Waals surface area contributed by atoms with E-state index < -0.39 is 6.10 Å². The quantitative estimate of drug-likeness (QED) is 0.519. The first-order valence-electron chi connectivity index (χ1n) is 2.98. The molecule has 0 saturated carbocycles. The minimum absolute atomic E-state index is 0.401. The van der Waals surface area contributed by atoms with Crippen LogP contribution in [0.15, 0.2) is 0 Å². The molecular weight excluding hydrogens is 102 g/mol. The van der Waals surface area contributed by atoms with E-state index in [1.165, 1.54) is 0 Å². The van der Waals surface area contributed by atoms with Crippen LogP contribution >= 0.6 is 0 Å². The molecule has 2 nitrogen and oxygen atoms in total. The number of hydrogen-bond donors (Lipinski definition) is 2. The predicted octanol–water partition coefficient (Wildman–Crippen LogP) is 0.310. The van der Waals surface area contributed by atoms with Gasteiger partial charge in [0.2, 0.25) is 0 Å². The molecule has 2 heteroatoms. The molecule has 0 aromatic rings.